The van der Waals surface area contributed by atoms with Gasteiger partial charge in [-0.3, -0.25) is 32.4 Å². The maximum Gasteiger partial charge on any atom is 0.492 e. The van der Waals surface area contributed by atoms with Crippen LogP contribution in [0.5, 0.6) is 0 Å². The summed E-state index contributed by atoms with van der Waals surface area (Å²) >= 11 is 0.836. The number of hydrogen-bond acceptors (Lipinski definition) is 14. The molecule has 3 unspecified atom stereocenters. The molecule has 1 aliphatic heterocycles. The summed E-state index contributed by atoms with van der Waals surface area (Å²) in [6, 6.07) is 1.04. The van der Waals surface area contributed by atoms with Gasteiger partial charge in [0, 0.05) is 33.6 Å². The first-order valence-electron chi connectivity index (χ1n) is 8.39. The zero-order chi connectivity index (χ0) is 24.3. The molecular formula is C12H21N2O14P3S. The number of aliphatic hydroxyl groups excluding tert-OH is 2. The summed E-state index contributed by atoms with van der Waals surface area (Å²) in [5, 5.41) is 18.5. The number of H-pyrrole nitrogens is 1. The van der Waals surface area contributed by atoms with Crippen molar-refractivity contribution in [3.05, 3.63) is 33.1 Å². The third-order valence-electron chi connectivity index (χ3n) is 3.94. The Morgan fingerprint density at radius 1 is 1.03 bits per heavy atom. The minimum absolute atomic E-state index is 0.632. The first kappa shape index (κ1) is 27.6. The number of aromatic amines is 1. The van der Waals surface area contributed by atoms with Crippen molar-refractivity contribution in [2.45, 2.75) is 22.8 Å². The van der Waals surface area contributed by atoms with E-state index in [1.807, 2.05) is 4.98 Å². The number of nitrogens with zero attached hydrogens (tertiary/aromatic N) is 1. The van der Waals surface area contributed by atoms with Gasteiger partial charge in [-0.1, -0.05) is 0 Å². The molecule has 0 aliphatic carbocycles. The van der Waals surface area contributed by atoms with E-state index in [1.54, 1.807) is 0 Å². The van der Waals surface area contributed by atoms with Crippen LogP contribution in [-0.4, -0.2) is 70.1 Å². The van der Waals surface area contributed by atoms with E-state index in [0.717, 1.165) is 49.9 Å². The zero-order valence-electron chi connectivity index (χ0n) is 16.7. The molecule has 7 atom stereocenters. The maximum absolute atomic E-state index is 12.7. The molecule has 4 N–H and O–H groups in total. The fourth-order valence-corrected chi connectivity index (χ4v) is 7.99. The minimum Gasteiger partial charge on any atom is -0.389 e. The average molecular weight is 542 g/mol. The van der Waals surface area contributed by atoms with Gasteiger partial charge in [0.15, 0.2) is 0 Å². The van der Waals surface area contributed by atoms with Crippen LogP contribution in [0.2, 0.25) is 0 Å². The molecule has 1 aromatic heterocycles. The van der Waals surface area contributed by atoms with Crippen LogP contribution in [0.4, 0.5) is 0 Å². The Hall–Kier alpha value is -0.640. The van der Waals surface area contributed by atoms with Crippen LogP contribution in [-0.2, 0) is 40.4 Å². The van der Waals surface area contributed by atoms with Gasteiger partial charge in [-0.25, -0.2) is 18.5 Å². The zero-order valence-corrected chi connectivity index (χ0v) is 20.2. The van der Waals surface area contributed by atoms with Crippen molar-refractivity contribution in [2.75, 3.05) is 27.9 Å². The third-order valence-corrected chi connectivity index (χ3v) is 10.5. The molecule has 184 valence electrons. The standard InChI is InChI=1S/C12H21N2O14P3S/c1-23-29(19,20)27-31(22,25-3)28-30(21,24-2)26-6-7-9(16)10(17)11(32-7)14-5-4-8(15)13-12(14)18/h4-5,7,9-11,16-17H,6H2,1-3H3,(H,19,20)(H,13,15,18)/t7-,9-,10-,11-,30?,31?/m1/s1. The number of aliphatic hydroxyl groups is 2. The lowest BCUT2D eigenvalue weighted by Gasteiger charge is -2.23. The minimum atomic E-state index is -4.99. The summed E-state index contributed by atoms with van der Waals surface area (Å²) < 4.78 is 64.4. The molecule has 0 saturated carbocycles. The summed E-state index contributed by atoms with van der Waals surface area (Å²) in [4.78, 5) is 34.5. The second-order valence-corrected chi connectivity index (χ2v) is 12.7. The highest BCUT2D eigenvalue weighted by Crippen LogP contribution is 2.71. The van der Waals surface area contributed by atoms with Gasteiger partial charge in [0.25, 0.3) is 5.56 Å². The number of thioether (sulfide) groups is 1. The van der Waals surface area contributed by atoms with Gasteiger partial charge < -0.3 is 15.1 Å². The molecule has 1 saturated heterocycles. The Morgan fingerprint density at radius 3 is 2.19 bits per heavy atom. The molecule has 0 radical (unpaired) electrons. The smallest absolute Gasteiger partial charge is 0.389 e. The van der Waals surface area contributed by atoms with E-state index in [0.29, 0.717) is 0 Å². The van der Waals surface area contributed by atoms with Crippen molar-refractivity contribution in [1.29, 1.82) is 0 Å². The van der Waals surface area contributed by atoms with Gasteiger partial charge in [0.2, 0.25) is 0 Å². The molecule has 20 heteroatoms. The molecule has 2 rings (SSSR count). The van der Waals surface area contributed by atoms with Crippen molar-refractivity contribution in [2.24, 2.45) is 0 Å². The predicted octanol–water partition coefficient (Wildman–Crippen LogP) is 0.178. The van der Waals surface area contributed by atoms with Crippen LogP contribution in [0.15, 0.2) is 21.9 Å². The Balaban J connectivity index is 2.13. The van der Waals surface area contributed by atoms with E-state index in [9.17, 15) is 38.4 Å². The summed E-state index contributed by atoms with van der Waals surface area (Å²) in [7, 11) is -12.3. The lowest BCUT2D eigenvalue weighted by Crippen LogP contribution is -2.37. The summed E-state index contributed by atoms with van der Waals surface area (Å²) in [5.41, 5.74) is -1.49. The highest BCUT2D eigenvalue weighted by molar-refractivity contribution is 8.00. The Morgan fingerprint density at radius 2 is 1.66 bits per heavy atom. The van der Waals surface area contributed by atoms with E-state index in [2.05, 4.69) is 22.2 Å². The largest absolute Gasteiger partial charge is 0.492 e. The van der Waals surface area contributed by atoms with Crippen molar-refractivity contribution >= 4 is 35.2 Å². The van der Waals surface area contributed by atoms with Gasteiger partial charge in [-0.05, 0) is 0 Å². The van der Waals surface area contributed by atoms with Crippen molar-refractivity contribution in [3.63, 3.8) is 0 Å². The van der Waals surface area contributed by atoms with Crippen LogP contribution in [0, 0.1) is 0 Å². The first-order valence-corrected chi connectivity index (χ1v) is 13.7. The van der Waals surface area contributed by atoms with E-state index in [4.69, 9.17) is 4.52 Å². The first-order chi connectivity index (χ1) is 14.8. The number of phosphoric acid groups is 3. The SMILES string of the molecule is COP(=O)(O)OP(=O)(OC)OP(=O)(OC)OC[C@H]1S[C@@H](n2ccc(=O)[nH]c2=O)[C@H](O)[C@@H]1O. The Bertz CT molecular complexity index is 1060. The maximum atomic E-state index is 12.7. The summed E-state index contributed by atoms with van der Waals surface area (Å²) in [5.74, 6) is 0. The van der Waals surface area contributed by atoms with Gasteiger partial charge in [-0.2, -0.15) is 8.62 Å². The molecule has 1 aromatic rings. The molecular weight excluding hydrogens is 521 g/mol. The molecule has 2 heterocycles. The van der Waals surface area contributed by atoms with Crippen LogP contribution < -0.4 is 11.2 Å². The van der Waals surface area contributed by atoms with Gasteiger partial charge in [0.1, 0.15) is 11.5 Å². The van der Waals surface area contributed by atoms with Crippen LogP contribution in [0.25, 0.3) is 0 Å². The second kappa shape index (κ2) is 10.7. The van der Waals surface area contributed by atoms with Crippen LogP contribution in [0.3, 0.4) is 0 Å². The summed E-state index contributed by atoms with van der Waals surface area (Å²) in [6.07, 6.45) is -1.86. The second-order valence-electron chi connectivity index (χ2n) is 5.93. The lowest BCUT2D eigenvalue weighted by atomic mass is 10.1. The molecule has 1 aliphatic rings. The molecule has 1 fully saturated rings. The monoisotopic (exact) mass is 542 g/mol. The lowest BCUT2D eigenvalue weighted by molar-refractivity contribution is 0.00953. The van der Waals surface area contributed by atoms with Crippen molar-refractivity contribution in [3.8, 4) is 0 Å². The number of nitrogens with one attached hydrogen (secondary N) is 1. The fraction of sp³-hybridized carbons (Fsp3) is 0.667. The van der Waals surface area contributed by atoms with Gasteiger partial charge >= 0.3 is 29.2 Å². The van der Waals surface area contributed by atoms with E-state index in [1.165, 1.54) is 0 Å². The van der Waals surface area contributed by atoms with E-state index < -0.39 is 64.2 Å². The third kappa shape index (κ3) is 6.70. The Kier molecular flexibility index (Phi) is 9.27. The number of phosphoric ester groups is 2. The van der Waals surface area contributed by atoms with E-state index in [-0.39, 0.29) is 0 Å². The molecule has 0 bridgehead atoms. The topological polar surface area (TPSA) is 222 Å². The molecule has 0 amide bonds. The Labute approximate surface area is 184 Å². The molecule has 32 heavy (non-hydrogen) atoms. The number of hydrogen-bond donors (Lipinski definition) is 4. The average Bonchev–Trinajstić information content (AvgIpc) is 3.00. The quantitative estimate of drug-likeness (QED) is 0.274. The summed E-state index contributed by atoms with van der Waals surface area (Å²) in [6.45, 7) is -0.632. The molecule has 16 nitrogen and oxygen atoms in total. The highest BCUT2D eigenvalue weighted by Gasteiger charge is 2.48. The predicted molar refractivity (Wildman–Crippen MR) is 108 cm³/mol. The van der Waals surface area contributed by atoms with Gasteiger partial charge in [0.05, 0.1) is 18.0 Å². The van der Waals surface area contributed by atoms with E-state index >= 15 is 0 Å². The molecule has 0 aromatic carbocycles. The highest BCUT2D eigenvalue weighted by atomic mass is 32.2. The number of aromatic nitrogens is 2. The van der Waals surface area contributed by atoms with Crippen molar-refractivity contribution < 1.29 is 55.5 Å². The number of rotatable bonds is 11. The molecule has 0 spiro atoms. The van der Waals surface area contributed by atoms with Gasteiger partial charge in [-0.15, -0.1) is 11.8 Å². The normalized spacial score (nSPS) is 29.2. The van der Waals surface area contributed by atoms with Crippen molar-refractivity contribution in [1.82, 2.24) is 9.55 Å². The van der Waals surface area contributed by atoms with Crippen LogP contribution in [0.1, 0.15) is 5.37 Å². The van der Waals surface area contributed by atoms with Crippen LogP contribution >= 0.6 is 35.2 Å². The fourth-order valence-electron chi connectivity index (χ4n) is 2.36.